The highest BCUT2D eigenvalue weighted by atomic mass is 32.1. The Bertz CT molecular complexity index is 775. The summed E-state index contributed by atoms with van der Waals surface area (Å²) in [6.07, 6.45) is 0.256. The first kappa shape index (κ1) is 18.9. The van der Waals surface area contributed by atoms with Crippen LogP contribution in [-0.4, -0.2) is 27.5 Å². The largest absolute Gasteiger partial charge is 0.486 e. The van der Waals surface area contributed by atoms with Crippen molar-refractivity contribution in [2.24, 2.45) is 0 Å². The second-order valence-electron chi connectivity index (χ2n) is 5.71. The van der Waals surface area contributed by atoms with Gasteiger partial charge in [0, 0.05) is 0 Å². The van der Waals surface area contributed by atoms with Gasteiger partial charge in [-0.05, 0) is 44.5 Å². The van der Waals surface area contributed by atoms with Crippen LogP contribution in [0.25, 0.3) is 0 Å². The molecule has 1 heterocycles. The maximum absolute atomic E-state index is 12.9. The number of thiazole rings is 1. The summed E-state index contributed by atoms with van der Waals surface area (Å²) in [5, 5.41) is 12.4. The molecule has 1 aromatic heterocycles. The lowest BCUT2D eigenvalue weighted by molar-refractivity contribution is -0.143. The summed E-state index contributed by atoms with van der Waals surface area (Å²) in [5.41, 5.74) is -0.831. The van der Waals surface area contributed by atoms with E-state index in [1.807, 2.05) is 0 Å². The zero-order valence-electron chi connectivity index (χ0n) is 14.1. The maximum atomic E-state index is 12.9. The smallest absolute Gasteiger partial charge is 0.329 e. The van der Waals surface area contributed by atoms with Crippen LogP contribution in [0.15, 0.2) is 24.3 Å². The van der Waals surface area contributed by atoms with Crippen molar-refractivity contribution in [3.05, 3.63) is 45.7 Å². The Balaban J connectivity index is 2.07. The molecular weight excluding hydrogens is 347 g/mol. The number of hydrogen-bond donors (Lipinski definition) is 2. The molecule has 0 aliphatic carbocycles. The van der Waals surface area contributed by atoms with Gasteiger partial charge in [-0.15, -0.1) is 11.3 Å². The quantitative estimate of drug-likeness (QED) is 0.786. The topological polar surface area (TPSA) is 88.5 Å². The number of hydrogen-bond acceptors (Lipinski definition) is 5. The lowest BCUT2D eigenvalue weighted by Gasteiger charge is -2.24. The Kier molecular flexibility index (Phi) is 5.73. The average molecular weight is 366 g/mol. The zero-order valence-corrected chi connectivity index (χ0v) is 14.9. The number of nitrogens with zero attached hydrogens (tertiary/aromatic N) is 1. The molecule has 134 valence electrons. The summed E-state index contributed by atoms with van der Waals surface area (Å²) >= 11 is 1.14. The highest BCUT2D eigenvalue weighted by Gasteiger charge is 2.34. The molecule has 0 saturated heterocycles. The first-order chi connectivity index (χ1) is 11.7. The second-order valence-corrected chi connectivity index (χ2v) is 6.79. The molecule has 0 aliphatic heterocycles. The van der Waals surface area contributed by atoms with Crippen molar-refractivity contribution in [3.63, 3.8) is 0 Å². The number of amides is 1. The van der Waals surface area contributed by atoms with E-state index in [2.05, 4.69) is 10.3 Å². The Labute approximate surface area is 148 Å². The van der Waals surface area contributed by atoms with E-state index >= 15 is 0 Å². The minimum absolute atomic E-state index is 0.133. The molecule has 25 heavy (non-hydrogen) atoms. The normalized spacial score (nSPS) is 13.1. The molecule has 0 radical (unpaired) electrons. The van der Waals surface area contributed by atoms with Crippen molar-refractivity contribution in [2.75, 3.05) is 0 Å². The van der Waals surface area contributed by atoms with Crippen molar-refractivity contribution in [2.45, 2.75) is 39.3 Å². The van der Waals surface area contributed by atoms with Crippen LogP contribution in [0.5, 0.6) is 5.75 Å². The van der Waals surface area contributed by atoms with Crippen LogP contribution in [0.3, 0.4) is 0 Å². The summed E-state index contributed by atoms with van der Waals surface area (Å²) < 4.78 is 18.4. The molecule has 1 atom stereocenters. The predicted octanol–water partition coefficient (Wildman–Crippen LogP) is 3.15. The highest BCUT2D eigenvalue weighted by Crippen LogP contribution is 2.22. The first-order valence-corrected chi connectivity index (χ1v) is 8.47. The van der Waals surface area contributed by atoms with Crippen LogP contribution >= 0.6 is 11.3 Å². The van der Waals surface area contributed by atoms with Crippen LogP contribution < -0.4 is 10.1 Å². The number of halogens is 1. The Hall–Kier alpha value is -2.48. The number of carbonyl (C=O) groups is 2. The van der Waals surface area contributed by atoms with Gasteiger partial charge in [-0.3, -0.25) is 4.79 Å². The number of carboxylic acids is 1. The van der Waals surface area contributed by atoms with E-state index in [0.29, 0.717) is 21.3 Å². The number of aliphatic carboxylic acids is 1. The second kappa shape index (κ2) is 7.60. The Morgan fingerprint density at radius 1 is 1.36 bits per heavy atom. The van der Waals surface area contributed by atoms with Gasteiger partial charge in [-0.25, -0.2) is 14.2 Å². The minimum atomic E-state index is -1.34. The summed E-state index contributed by atoms with van der Waals surface area (Å²) in [7, 11) is 0. The fraction of sp³-hybridized carbons (Fsp3) is 0.353. The molecule has 0 spiro atoms. The number of carbonyl (C=O) groups excluding carboxylic acids is 1. The van der Waals surface area contributed by atoms with E-state index in [1.165, 1.54) is 31.2 Å². The van der Waals surface area contributed by atoms with Gasteiger partial charge in [0.25, 0.3) is 5.91 Å². The number of rotatable bonds is 7. The lowest BCUT2D eigenvalue weighted by atomic mass is 9.99. The first-order valence-electron chi connectivity index (χ1n) is 7.65. The van der Waals surface area contributed by atoms with Crippen LogP contribution in [-0.2, 0) is 11.4 Å². The minimum Gasteiger partial charge on any atom is -0.486 e. The number of ether oxygens (including phenoxy) is 1. The molecule has 1 aromatic carbocycles. The Morgan fingerprint density at radius 2 is 2.00 bits per heavy atom. The van der Waals surface area contributed by atoms with Gasteiger partial charge in [0.2, 0.25) is 0 Å². The van der Waals surface area contributed by atoms with Crippen LogP contribution in [0.2, 0.25) is 0 Å². The fourth-order valence-electron chi connectivity index (χ4n) is 2.00. The molecule has 6 nitrogen and oxygen atoms in total. The lowest BCUT2D eigenvalue weighted by Crippen LogP contribution is -2.51. The standard InChI is InChI=1S/C17H19FN2O4S/c1-4-17(3,16(22)23)20-15(21)14-10(2)19-13(25-14)9-24-12-7-5-11(18)6-8-12/h5-8H,4,9H2,1-3H3,(H,20,21)(H,22,23). The molecule has 8 heteroatoms. The van der Waals surface area contributed by atoms with Crippen molar-refractivity contribution in [1.29, 1.82) is 0 Å². The van der Waals surface area contributed by atoms with Crippen molar-refractivity contribution in [3.8, 4) is 5.75 Å². The maximum Gasteiger partial charge on any atom is 0.329 e. The van der Waals surface area contributed by atoms with Crippen molar-refractivity contribution >= 4 is 23.2 Å². The number of nitrogens with one attached hydrogen (secondary N) is 1. The SMILES string of the molecule is CCC(C)(NC(=O)c1sc(COc2ccc(F)cc2)nc1C)C(=O)O. The van der Waals surface area contributed by atoms with Crippen molar-refractivity contribution < 1.29 is 23.8 Å². The highest BCUT2D eigenvalue weighted by molar-refractivity contribution is 7.13. The van der Waals surface area contributed by atoms with Gasteiger partial charge in [0.15, 0.2) is 0 Å². The van der Waals surface area contributed by atoms with Gasteiger partial charge in [-0.2, -0.15) is 0 Å². The number of carboxylic acid groups (broad SMARTS) is 1. The molecule has 0 bridgehead atoms. The molecule has 2 rings (SSSR count). The summed E-state index contributed by atoms with van der Waals surface area (Å²) in [6.45, 7) is 4.96. The van der Waals surface area contributed by atoms with E-state index in [-0.39, 0.29) is 18.8 Å². The van der Waals surface area contributed by atoms with E-state index in [4.69, 9.17) is 4.74 Å². The summed E-state index contributed by atoms with van der Waals surface area (Å²) in [4.78, 5) is 28.3. The van der Waals surface area contributed by atoms with Gasteiger partial charge >= 0.3 is 5.97 Å². The fourth-order valence-corrected chi connectivity index (χ4v) is 2.87. The van der Waals surface area contributed by atoms with Gasteiger partial charge < -0.3 is 15.2 Å². The molecule has 1 amide bonds. The summed E-state index contributed by atoms with van der Waals surface area (Å²) in [6, 6.07) is 5.59. The third-order valence-electron chi connectivity index (χ3n) is 3.79. The molecule has 0 fully saturated rings. The number of aromatic nitrogens is 1. The number of aryl methyl sites for hydroxylation is 1. The van der Waals surface area contributed by atoms with Crippen LogP contribution in [0, 0.1) is 12.7 Å². The third kappa shape index (κ3) is 4.54. The van der Waals surface area contributed by atoms with Gasteiger partial charge in [0.05, 0.1) is 5.69 Å². The molecule has 0 saturated carbocycles. The Morgan fingerprint density at radius 3 is 2.56 bits per heavy atom. The molecule has 2 N–H and O–H groups in total. The molecule has 2 aromatic rings. The molecule has 0 aliphatic rings. The summed E-state index contributed by atoms with van der Waals surface area (Å²) in [5.74, 6) is -1.43. The zero-order chi connectivity index (χ0) is 18.6. The predicted molar refractivity (Wildman–Crippen MR) is 91.4 cm³/mol. The van der Waals surface area contributed by atoms with Crippen LogP contribution in [0.4, 0.5) is 4.39 Å². The molecular formula is C17H19FN2O4S. The van der Waals surface area contributed by atoms with Crippen LogP contribution in [0.1, 0.15) is 40.6 Å². The van der Waals surface area contributed by atoms with Gasteiger partial charge in [-0.1, -0.05) is 6.92 Å². The van der Waals surface area contributed by atoms with E-state index in [9.17, 15) is 19.1 Å². The average Bonchev–Trinajstić information content (AvgIpc) is 2.95. The number of benzene rings is 1. The monoisotopic (exact) mass is 366 g/mol. The van der Waals surface area contributed by atoms with E-state index in [0.717, 1.165) is 11.3 Å². The van der Waals surface area contributed by atoms with Crippen molar-refractivity contribution in [1.82, 2.24) is 10.3 Å². The van der Waals surface area contributed by atoms with E-state index in [1.54, 1.807) is 13.8 Å². The van der Waals surface area contributed by atoms with E-state index < -0.39 is 17.4 Å². The third-order valence-corrected chi connectivity index (χ3v) is 4.92. The molecule has 1 unspecified atom stereocenters. The van der Waals surface area contributed by atoms with Gasteiger partial charge in [0.1, 0.15) is 33.6 Å².